The minimum Gasteiger partial charge on any atom is -0.352 e. The highest BCUT2D eigenvalue weighted by molar-refractivity contribution is 9.10. The molecule has 5 heteroatoms. The molecule has 0 unspecified atom stereocenters. The molecule has 2 aromatic carbocycles. The quantitative estimate of drug-likeness (QED) is 0.850. The van der Waals surface area contributed by atoms with Gasteiger partial charge in [0.05, 0.1) is 0 Å². The van der Waals surface area contributed by atoms with Gasteiger partial charge in [-0.1, -0.05) is 28.9 Å². The van der Waals surface area contributed by atoms with E-state index in [-0.39, 0.29) is 11.8 Å². The minimum atomic E-state index is -0.210. The van der Waals surface area contributed by atoms with Gasteiger partial charge in [-0.05, 0) is 48.9 Å². The molecule has 2 N–H and O–H groups in total. The lowest BCUT2D eigenvalue weighted by Gasteiger charge is -2.08. The van der Waals surface area contributed by atoms with Gasteiger partial charge in [0, 0.05) is 27.8 Å². The predicted octanol–water partition coefficient (Wildman–Crippen LogP) is 3.84. The highest BCUT2D eigenvalue weighted by Crippen LogP contribution is 2.14. The number of anilines is 1. The van der Waals surface area contributed by atoms with Crippen molar-refractivity contribution < 1.29 is 9.59 Å². The molecule has 0 saturated carbocycles. The smallest absolute Gasteiger partial charge is 0.255 e. The number of hydrogen-bond acceptors (Lipinski definition) is 2. The fourth-order valence-electron chi connectivity index (χ4n) is 1.88. The second-order valence-corrected chi connectivity index (χ2v) is 5.71. The number of carbonyl (C=O) groups excluding carboxylic acids is 2. The van der Waals surface area contributed by atoms with Crippen molar-refractivity contribution in [1.29, 1.82) is 0 Å². The van der Waals surface area contributed by atoms with Crippen LogP contribution in [0.5, 0.6) is 0 Å². The van der Waals surface area contributed by atoms with E-state index in [9.17, 15) is 9.59 Å². The Morgan fingerprint density at radius 1 is 1.00 bits per heavy atom. The Balaban J connectivity index is 2.08. The number of amides is 2. The zero-order valence-electron chi connectivity index (χ0n) is 12.2. The number of halogens is 1. The molecule has 0 radical (unpaired) electrons. The summed E-state index contributed by atoms with van der Waals surface area (Å²) in [5.41, 5.74) is 1.68. The molecule has 2 aromatic rings. The highest BCUT2D eigenvalue weighted by Gasteiger charge is 2.08. The van der Waals surface area contributed by atoms with Crippen LogP contribution in [0.3, 0.4) is 0 Å². The SMILES string of the molecule is CCCNC(=O)c1cccc(NC(=O)c2ccc(Br)cc2)c1. The third-order valence-electron chi connectivity index (χ3n) is 3.02. The highest BCUT2D eigenvalue weighted by atomic mass is 79.9. The van der Waals surface area contributed by atoms with E-state index in [2.05, 4.69) is 26.6 Å². The van der Waals surface area contributed by atoms with Gasteiger partial charge in [0.15, 0.2) is 0 Å². The maximum atomic E-state index is 12.2. The van der Waals surface area contributed by atoms with Crippen LogP contribution in [0.25, 0.3) is 0 Å². The van der Waals surface area contributed by atoms with Crippen molar-refractivity contribution in [2.45, 2.75) is 13.3 Å². The summed E-state index contributed by atoms with van der Waals surface area (Å²) in [4.78, 5) is 24.1. The summed E-state index contributed by atoms with van der Waals surface area (Å²) in [7, 11) is 0. The van der Waals surface area contributed by atoms with E-state index >= 15 is 0 Å². The van der Waals surface area contributed by atoms with Crippen LogP contribution in [0, 0.1) is 0 Å². The normalized spacial score (nSPS) is 10.1. The molecule has 0 bridgehead atoms. The van der Waals surface area contributed by atoms with Crippen LogP contribution in [0.1, 0.15) is 34.1 Å². The molecule has 0 aliphatic heterocycles. The van der Waals surface area contributed by atoms with Gasteiger partial charge in [-0.2, -0.15) is 0 Å². The van der Waals surface area contributed by atoms with Gasteiger partial charge >= 0.3 is 0 Å². The summed E-state index contributed by atoms with van der Waals surface area (Å²) in [6, 6.07) is 14.0. The number of rotatable bonds is 5. The lowest BCUT2D eigenvalue weighted by molar-refractivity contribution is 0.0952. The van der Waals surface area contributed by atoms with Crippen molar-refractivity contribution in [3.8, 4) is 0 Å². The standard InChI is InChI=1S/C17H17BrN2O2/c1-2-10-19-16(21)13-4-3-5-15(11-13)20-17(22)12-6-8-14(18)9-7-12/h3-9,11H,2,10H2,1H3,(H,19,21)(H,20,22). The van der Waals surface area contributed by atoms with Crippen molar-refractivity contribution >= 4 is 33.4 Å². The average Bonchev–Trinajstić information content (AvgIpc) is 2.53. The Morgan fingerprint density at radius 2 is 1.73 bits per heavy atom. The molecule has 0 spiro atoms. The van der Waals surface area contributed by atoms with Crippen LogP contribution >= 0.6 is 15.9 Å². The van der Waals surface area contributed by atoms with E-state index in [4.69, 9.17) is 0 Å². The minimum absolute atomic E-state index is 0.137. The second kappa shape index (κ2) is 7.75. The Bertz CT molecular complexity index is 669. The molecule has 0 aliphatic carbocycles. The topological polar surface area (TPSA) is 58.2 Å². The van der Waals surface area contributed by atoms with E-state index in [0.29, 0.717) is 23.4 Å². The van der Waals surface area contributed by atoms with Crippen LogP contribution in [0.4, 0.5) is 5.69 Å². The van der Waals surface area contributed by atoms with E-state index < -0.39 is 0 Å². The molecule has 0 heterocycles. The molecule has 4 nitrogen and oxygen atoms in total. The van der Waals surface area contributed by atoms with Crippen LogP contribution in [0.15, 0.2) is 53.0 Å². The van der Waals surface area contributed by atoms with Gasteiger partial charge < -0.3 is 10.6 Å². The summed E-state index contributed by atoms with van der Waals surface area (Å²) in [6.07, 6.45) is 0.881. The van der Waals surface area contributed by atoms with Gasteiger partial charge in [-0.25, -0.2) is 0 Å². The average molecular weight is 361 g/mol. The van der Waals surface area contributed by atoms with Gasteiger partial charge in [-0.3, -0.25) is 9.59 Å². The van der Waals surface area contributed by atoms with Gasteiger partial charge in [0.2, 0.25) is 0 Å². The number of hydrogen-bond donors (Lipinski definition) is 2. The summed E-state index contributed by atoms with van der Waals surface area (Å²) in [5, 5.41) is 5.61. The summed E-state index contributed by atoms with van der Waals surface area (Å²) in [6.45, 7) is 2.63. The Morgan fingerprint density at radius 3 is 2.41 bits per heavy atom. The molecular formula is C17H17BrN2O2. The van der Waals surface area contributed by atoms with Crippen molar-refractivity contribution in [1.82, 2.24) is 5.32 Å². The predicted molar refractivity (Wildman–Crippen MR) is 91.2 cm³/mol. The molecule has 22 heavy (non-hydrogen) atoms. The number of benzene rings is 2. The zero-order chi connectivity index (χ0) is 15.9. The lowest BCUT2D eigenvalue weighted by atomic mass is 10.1. The van der Waals surface area contributed by atoms with Crippen molar-refractivity contribution in [3.63, 3.8) is 0 Å². The van der Waals surface area contributed by atoms with Gasteiger partial charge in [0.25, 0.3) is 11.8 Å². The Kier molecular flexibility index (Phi) is 5.72. The largest absolute Gasteiger partial charge is 0.352 e. The summed E-state index contributed by atoms with van der Waals surface area (Å²) >= 11 is 3.33. The first-order valence-corrected chi connectivity index (χ1v) is 7.84. The van der Waals surface area contributed by atoms with Crippen molar-refractivity contribution in [2.75, 3.05) is 11.9 Å². The Labute approximate surface area is 138 Å². The lowest BCUT2D eigenvalue weighted by Crippen LogP contribution is -2.24. The third kappa shape index (κ3) is 4.43. The fourth-order valence-corrected chi connectivity index (χ4v) is 2.15. The Hall–Kier alpha value is -2.14. The van der Waals surface area contributed by atoms with Crippen LogP contribution in [-0.4, -0.2) is 18.4 Å². The van der Waals surface area contributed by atoms with Gasteiger partial charge in [0.1, 0.15) is 0 Å². The van der Waals surface area contributed by atoms with E-state index in [1.54, 1.807) is 36.4 Å². The molecule has 0 fully saturated rings. The molecule has 114 valence electrons. The molecule has 2 amide bonds. The molecule has 2 rings (SSSR count). The van der Waals surface area contributed by atoms with Crippen LogP contribution in [-0.2, 0) is 0 Å². The molecule has 0 saturated heterocycles. The number of carbonyl (C=O) groups is 2. The van der Waals surface area contributed by atoms with Crippen molar-refractivity contribution in [3.05, 3.63) is 64.1 Å². The van der Waals surface area contributed by atoms with E-state index in [1.165, 1.54) is 0 Å². The van der Waals surface area contributed by atoms with Crippen molar-refractivity contribution in [2.24, 2.45) is 0 Å². The maximum Gasteiger partial charge on any atom is 0.255 e. The van der Waals surface area contributed by atoms with E-state index in [1.807, 2.05) is 19.1 Å². The first kappa shape index (κ1) is 16.2. The molecule has 0 aromatic heterocycles. The summed E-state index contributed by atoms with van der Waals surface area (Å²) < 4.78 is 0.915. The van der Waals surface area contributed by atoms with Crippen LogP contribution < -0.4 is 10.6 Å². The molecule has 0 aliphatic rings. The number of nitrogens with one attached hydrogen (secondary N) is 2. The maximum absolute atomic E-state index is 12.2. The molecule has 0 atom stereocenters. The summed E-state index contributed by atoms with van der Waals surface area (Å²) in [5.74, 6) is -0.347. The zero-order valence-corrected chi connectivity index (χ0v) is 13.8. The second-order valence-electron chi connectivity index (χ2n) is 4.80. The first-order chi connectivity index (χ1) is 10.6. The van der Waals surface area contributed by atoms with Gasteiger partial charge in [-0.15, -0.1) is 0 Å². The van der Waals surface area contributed by atoms with E-state index in [0.717, 1.165) is 10.9 Å². The first-order valence-electron chi connectivity index (χ1n) is 7.05. The monoisotopic (exact) mass is 360 g/mol. The molecular weight excluding hydrogens is 344 g/mol. The fraction of sp³-hybridized carbons (Fsp3) is 0.176. The van der Waals surface area contributed by atoms with Crippen LogP contribution in [0.2, 0.25) is 0 Å². The third-order valence-corrected chi connectivity index (χ3v) is 3.55.